The van der Waals surface area contributed by atoms with E-state index in [-0.39, 0.29) is 0 Å². The summed E-state index contributed by atoms with van der Waals surface area (Å²) in [6.45, 7) is 0.714. The van der Waals surface area contributed by atoms with E-state index in [0.717, 1.165) is 12.8 Å². The molecule has 0 N–H and O–H groups in total. The van der Waals surface area contributed by atoms with E-state index in [1.54, 1.807) is 23.5 Å². The van der Waals surface area contributed by atoms with Crippen LogP contribution in [0.2, 0.25) is 0 Å². The molecule has 2 aromatic rings. The van der Waals surface area contributed by atoms with Crippen LogP contribution < -0.4 is 4.84 Å². The highest BCUT2D eigenvalue weighted by molar-refractivity contribution is 5.14. The first kappa shape index (κ1) is 9.77. The Morgan fingerprint density at radius 2 is 2.07 bits per heavy atom. The van der Waals surface area contributed by atoms with E-state index < -0.39 is 0 Å². The van der Waals surface area contributed by atoms with Gasteiger partial charge in [0.05, 0.1) is 6.20 Å². The summed E-state index contributed by atoms with van der Waals surface area (Å²) >= 11 is 0. The molecule has 0 bridgehead atoms. The Hall–Kier alpha value is -1.77. The van der Waals surface area contributed by atoms with Gasteiger partial charge in [-0.15, -0.1) is 0 Å². The Balaban J connectivity index is 1.68. The predicted octanol–water partition coefficient (Wildman–Crippen LogP) is 1.94. The molecule has 0 amide bonds. The standard InChI is InChI=1S/C12H14N2O/c1-2-5-12(6-3-1)7-4-10-15-14-9-8-13-11-14/h1-3,5-6,8-9,11H,4,7,10H2. The van der Waals surface area contributed by atoms with Crippen molar-refractivity contribution in [3.8, 4) is 0 Å². The summed E-state index contributed by atoms with van der Waals surface area (Å²) in [5.74, 6) is 0. The SMILES string of the molecule is c1ccc(CCCOn2ccnc2)cc1. The molecular formula is C12H14N2O. The van der Waals surface area contributed by atoms with Crippen LogP contribution >= 0.6 is 0 Å². The fraction of sp³-hybridized carbons (Fsp3) is 0.250. The summed E-state index contributed by atoms with van der Waals surface area (Å²) in [5, 5.41) is 0. The number of aromatic nitrogens is 2. The van der Waals surface area contributed by atoms with Crippen LogP contribution in [0.4, 0.5) is 0 Å². The maximum Gasteiger partial charge on any atom is 0.131 e. The molecule has 0 saturated carbocycles. The van der Waals surface area contributed by atoms with E-state index in [1.807, 2.05) is 6.07 Å². The van der Waals surface area contributed by atoms with Crippen molar-refractivity contribution < 1.29 is 4.84 Å². The summed E-state index contributed by atoms with van der Waals surface area (Å²) in [6.07, 6.45) is 7.22. The zero-order chi connectivity index (χ0) is 10.3. The average molecular weight is 202 g/mol. The molecule has 3 nitrogen and oxygen atoms in total. The molecule has 0 aliphatic heterocycles. The molecular weight excluding hydrogens is 188 g/mol. The van der Waals surface area contributed by atoms with Crippen LogP contribution in [-0.4, -0.2) is 16.3 Å². The van der Waals surface area contributed by atoms with Gasteiger partial charge >= 0.3 is 0 Å². The number of nitrogens with zero attached hydrogens (tertiary/aromatic N) is 2. The van der Waals surface area contributed by atoms with Crippen molar-refractivity contribution in [1.82, 2.24) is 9.71 Å². The molecule has 0 aliphatic rings. The Morgan fingerprint density at radius 3 is 2.80 bits per heavy atom. The van der Waals surface area contributed by atoms with Crippen molar-refractivity contribution in [1.29, 1.82) is 0 Å². The molecule has 0 unspecified atom stereocenters. The van der Waals surface area contributed by atoms with Crippen LogP contribution in [-0.2, 0) is 6.42 Å². The summed E-state index contributed by atoms with van der Waals surface area (Å²) in [5.41, 5.74) is 1.35. The van der Waals surface area contributed by atoms with Crippen LogP contribution in [0.1, 0.15) is 12.0 Å². The number of hydrogen-bond donors (Lipinski definition) is 0. The van der Waals surface area contributed by atoms with E-state index in [9.17, 15) is 0 Å². The van der Waals surface area contributed by atoms with Crippen LogP contribution in [0, 0.1) is 0 Å². The van der Waals surface area contributed by atoms with Crippen LogP contribution in [0.15, 0.2) is 49.1 Å². The highest BCUT2D eigenvalue weighted by Gasteiger charge is 1.93. The second-order valence-electron chi connectivity index (χ2n) is 3.34. The van der Waals surface area contributed by atoms with Gasteiger partial charge in [0.25, 0.3) is 0 Å². The van der Waals surface area contributed by atoms with E-state index in [4.69, 9.17) is 4.84 Å². The topological polar surface area (TPSA) is 27.1 Å². The zero-order valence-corrected chi connectivity index (χ0v) is 8.54. The Kier molecular flexibility index (Phi) is 3.38. The lowest BCUT2D eigenvalue weighted by Gasteiger charge is -2.05. The molecule has 0 fully saturated rings. The van der Waals surface area contributed by atoms with Gasteiger partial charge in [-0.25, -0.2) is 4.98 Å². The average Bonchev–Trinajstić information content (AvgIpc) is 2.79. The van der Waals surface area contributed by atoms with E-state index in [1.165, 1.54) is 5.56 Å². The molecule has 3 heteroatoms. The molecule has 0 spiro atoms. The van der Waals surface area contributed by atoms with Crippen LogP contribution in [0.25, 0.3) is 0 Å². The molecule has 0 saturated heterocycles. The fourth-order valence-corrected chi connectivity index (χ4v) is 1.41. The normalized spacial score (nSPS) is 10.1. The maximum atomic E-state index is 5.42. The first-order chi connectivity index (χ1) is 7.45. The van der Waals surface area contributed by atoms with Crippen molar-refractivity contribution >= 4 is 0 Å². The molecule has 1 aromatic heterocycles. The van der Waals surface area contributed by atoms with Gasteiger partial charge in [-0.3, -0.25) is 0 Å². The molecule has 78 valence electrons. The van der Waals surface area contributed by atoms with Gasteiger partial charge < -0.3 is 4.84 Å². The number of benzene rings is 1. The monoisotopic (exact) mass is 202 g/mol. The summed E-state index contributed by atoms with van der Waals surface area (Å²) in [6, 6.07) is 10.4. The summed E-state index contributed by atoms with van der Waals surface area (Å²) in [4.78, 5) is 9.32. The Bertz CT molecular complexity index is 370. The minimum atomic E-state index is 0.714. The second kappa shape index (κ2) is 5.20. The van der Waals surface area contributed by atoms with Gasteiger partial charge in [-0.2, -0.15) is 4.73 Å². The highest BCUT2D eigenvalue weighted by Crippen LogP contribution is 2.01. The third kappa shape index (κ3) is 3.13. The summed E-state index contributed by atoms with van der Waals surface area (Å²) in [7, 11) is 0. The van der Waals surface area contributed by atoms with Crippen LogP contribution in [0.5, 0.6) is 0 Å². The highest BCUT2D eigenvalue weighted by atomic mass is 16.7. The molecule has 1 heterocycles. The third-order valence-electron chi connectivity index (χ3n) is 2.17. The van der Waals surface area contributed by atoms with Crippen molar-refractivity contribution in [3.05, 3.63) is 54.6 Å². The lowest BCUT2D eigenvalue weighted by Crippen LogP contribution is -2.11. The third-order valence-corrected chi connectivity index (χ3v) is 2.17. The van der Waals surface area contributed by atoms with Crippen molar-refractivity contribution in [3.63, 3.8) is 0 Å². The van der Waals surface area contributed by atoms with Gasteiger partial charge in [0, 0.05) is 6.20 Å². The van der Waals surface area contributed by atoms with Crippen molar-refractivity contribution in [2.45, 2.75) is 12.8 Å². The Labute approximate surface area is 89.3 Å². The van der Waals surface area contributed by atoms with E-state index in [2.05, 4.69) is 29.2 Å². The van der Waals surface area contributed by atoms with Gasteiger partial charge in [0.15, 0.2) is 0 Å². The fourth-order valence-electron chi connectivity index (χ4n) is 1.41. The second-order valence-corrected chi connectivity index (χ2v) is 3.34. The minimum Gasteiger partial charge on any atom is -0.413 e. The van der Waals surface area contributed by atoms with Crippen LogP contribution in [0.3, 0.4) is 0 Å². The quantitative estimate of drug-likeness (QED) is 0.693. The first-order valence-electron chi connectivity index (χ1n) is 5.10. The molecule has 0 atom stereocenters. The van der Waals surface area contributed by atoms with E-state index >= 15 is 0 Å². The molecule has 1 aromatic carbocycles. The molecule has 0 aliphatic carbocycles. The lowest BCUT2D eigenvalue weighted by atomic mass is 10.1. The van der Waals surface area contributed by atoms with Gasteiger partial charge in [0.2, 0.25) is 0 Å². The number of hydrogen-bond acceptors (Lipinski definition) is 2. The largest absolute Gasteiger partial charge is 0.413 e. The number of imidazole rings is 1. The van der Waals surface area contributed by atoms with E-state index in [0.29, 0.717) is 6.61 Å². The molecule has 15 heavy (non-hydrogen) atoms. The molecule has 2 rings (SSSR count). The summed E-state index contributed by atoms with van der Waals surface area (Å²) < 4.78 is 1.63. The van der Waals surface area contributed by atoms with Crippen molar-refractivity contribution in [2.75, 3.05) is 6.61 Å². The smallest absolute Gasteiger partial charge is 0.131 e. The lowest BCUT2D eigenvalue weighted by molar-refractivity contribution is 0.108. The number of rotatable bonds is 5. The predicted molar refractivity (Wildman–Crippen MR) is 58.4 cm³/mol. The molecule has 0 radical (unpaired) electrons. The van der Waals surface area contributed by atoms with Crippen molar-refractivity contribution in [2.24, 2.45) is 0 Å². The number of aryl methyl sites for hydroxylation is 1. The first-order valence-corrected chi connectivity index (χ1v) is 5.10. The zero-order valence-electron chi connectivity index (χ0n) is 8.54. The van der Waals surface area contributed by atoms with Gasteiger partial charge in [-0.05, 0) is 18.4 Å². The maximum absolute atomic E-state index is 5.42. The van der Waals surface area contributed by atoms with Gasteiger partial charge in [-0.1, -0.05) is 30.3 Å². The minimum absolute atomic E-state index is 0.714. The Morgan fingerprint density at radius 1 is 1.20 bits per heavy atom. The van der Waals surface area contributed by atoms with Gasteiger partial charge in [0.1, 0.15) is 12.9 Å².